The van der Waals surface area contributed by atoms with Crippen LogP contribution < -0.4 is 0 Å². The number of ketones is 2. The van der Waals surface area contributed by atoms with Crippen molar-refractivity contribution in [3.8, 4) is 11.5 Å². The first-order chi connectivity index (χ1) is 20.0. The Morgan fingerprint density at radius 3 is 1.00 bits per heavy atom. The average Bonchev–Trinajstić information content (AvgIpc) is 2.89. The molecule has 0 aliphatic heterocycles. The standard InChI is InChI=1S/C40H48O4/c1-37(2,3)28-19-24(20-29(35(28)43)38(4,5)6)33(41)26-17-13-15-23-16-14-18-27(32(23)26)34(42)25-21-30(39(7,8)9)36(44)31(22-25)40(10,11)12/h13-22,43-44H,1-12H3. The molecule has 0 spiro atoms. The molecule has 0 unspecified atom stereocenters. The summed E-state index contributed by atoms with van der Waals surface area (Å²) >= 11 is 0. The van der Waals surface area contributed by atoms with Crippen LogP contribution in [0.2, 0.25) is 0 Å². The highest BCUT2D eigenvalue weighted by Gasteiger charge is 2.31. The zero-order chi connectivity index (χ0) is 33.2. The Hall–Kier alpha value is -3.92. The van der Waals surface area contributed by atoms with Gasteiger partial charge >= 0.3 is 0 Å². The second-order valence-corrected chi connectivity index (χ2v) is 16.2. The van der Waals surface area contributed by atoms with Gasteiger partial charge in [0.1, 0.15) is 11.5 Å². The lowest BCUT2D eigenvalue weighted by Gasteiger charge is -2.28. The molecule has 4 aromatic carbocycles. The van der Waals surface area contributed by atoms with Crippen LogP contribution in [0.15, 0.2) is 60.7 Å². The van der Waals surface area contributed by atoms with Gasteiger partial charge in [-0.1, -0.05) is 119 Å². The number of hydrogen-bond donors (Lipinski definition) is 2. The molecule has 0 saturated heterocycles. The van der Waals surface area contributed by atoms with Crippen LogP contribution in [-0.4, -0.2) is 21.8 Å². The molecule has 0 fully saturated rings. The number of carbonyl (C=O) groups excluding carboxylic acids is 2. The van der Waals surface area contributed by atoms with Crippen molar-refractivity contribution in [3.05, 3.63) is 105 Å². The van der Waals surface area contributed by atoms with Gasteiger partial charge in [0, 0.05) is 49.9 Å². The molecule has 4 heteroatoms. The van der Waals surface area contributed by atoms with E-state index in [4.69, 9.17) is 0 Å². The molecule has 0 bridgehead atoms. The molecule has 0 radical (unpaired) electrons. The topological polar surface area (TPSA) is 74.6 Å². The normalized spacial score (nSPS) is 12.9. The van der Waals surface area contributed by atoms with Gasteiger partial charge < -0.3 is 10.2 Å². The first kappa shape index (κ1) is 33.0. The zero-order valence-corrected chi connectivity index (χ0v) is 28.5. The van der Waals surface area contributed by atoms with E-state index in [1.54, 1.807) is 36.4 Å². The Morgan fingerprint density at radius 2 is 0.750 bits per heavy atom. The molecule has 0 aliphatic carbocycles. The van der Waals surface area contributed by atoms with E-state index in [1.165, 1.54) is 0 Å². The predicted molar refractivity (Wildman–Crippen MR) is 182 cm³/mol. The summed E-state index contributed by atoms with van der Waals surface area (Å²) in [6, 6.07) is 18.2. The quantitative estimate of drug-likeness (QED) is 0.231. The Balaban J connectivity index is 2.00. The predicted octanol–water partition coefficient (Wildman–Crippen LogP) is 9.90. The van der Waals surface area contributed by atoms with E-state index in [1.807, 2.05) is 107 Å². The number of phenolic OH excluding ortho intramolecular Hbond substituents is 2. The highest BCUT2D eigenvalue weighted by atomic mass is 16.3. The third-order valence-corrected chi connectivity index (χ3v) is 8.37. The van der Waals surface area contributed by atoms with Crippen molar-refractivity contribution < 1.29 is 19.8 Å². The molecular formula is C40H48O4. The zero-order valence-electron chi connectivity index (χ0n) is 28.5. The van der Waals surface area contributed by atoms with Gasteiger partial charge in [0.25, 0.3) is 0 Å². The molecular weight excluding hydrogens is 544 g/mol. The van der Waals surface area contributed by atoms with E-state index in [0.29, 0.717) is 49.9 Å². The Bertz CT molecular complexity index is 1580. The number of hydrogen-bond acceptors (Lipinski definition) is 4. The minimum atomic E-state index is -0.394. The third kappa shape index (κ3) is 6.18. The highest BCUT2D eigenvalue weighted by molar-refractivity contribution is 6.24. The number of aromatic hydroxyl groups is 2. The summed E-state index contributed by atoms with van der Waals surface area (Å²) < 4.78 is 0. The molecule has 4 rings (SSSR count). The van der Waals surface area contributed by atoms with Gasteiger partial charge in [0.2, 0.25) is 0 Å². The second-order valence-electron chi connectivity index (χ2n) is 16.2. The fraction of sp³-hybridized carbons (Fsp3) is 0.400. The van der Waals surface area contributed by atoms with Crippen LogP contribution in [0.5, 0.6) is 11.5 Å². The molecule has 0 amide bonds. The van der Waals surface area contributed by atoms with Gasteiger partial charge in [-0.15, -0.1) is 0 Å². The van der Waals surface area contributed by atoms with Gasteiger partial charge in [0.15, 0.2) is 11.6 Å². The fourth-order valence-electron chi connectivity index (χ4n) is 5.85. The largest absolute Gasteiger partial charge is 0.507 e. The van der Waals surface area contributed by atoms with Gasteiger partial charge in [-0.3, -0.25) is 9.59 Å². The van der Waals surface area contributed by atoms with E-state index in [0.717, 1.165) is 5.39 Å². The summed E-state index contributed by atoms with van der Waals surface area (Å²) in [4.78, 5) is 28.9. The van der Waals surface area contributed by atoms with Crippen LogP contribution in [0.1, 0.15) is 137 Å². The summed E-state index contributed by atoms with van der Waals surface area (Å²) in [5, 5.41) is 23.9. The second kappa shape index (κ2) is 10.9. The molecule has 0 saturated carbocycles. The molecule has 0 heterocycles. The van der Waals surface area contributed by atoms with Crippen LogP contribution >= 0.6 is 0 Å². The molecule has 4 nitrogen and oxygen atoms in total. The van der Waals surface area contributed by atoms with Crippen LogP contribution in [0, 0.1) is 0 Å². The smallest absolute Gasteiger partial charge is 0.193 e. The van der Waals surface area contributed by atoms with E-state index in [9.17, 15) is 19.8 Å². The van der Waals surface area contributed by atoms with Crippen LogP contribution in [0.25, 0.3) is 10.8 Å². The monoisotopic (exact) mass is 592 g/mol. The number of fused-ring (bicyclic) bond motifs is 1. The minimum absolute atomic E-state index is 0.205. The van der Waals surface area contributed by atoms with E-state index in [2.05, 4.69) is 0 Å². The number of rotatable bonds is 4. The Labute approximate surface area is 263 Å². The number of benzene rings is 4. The van der Waals surface area contributed by atoms with Crippen molar-refractivity contribution in [2.45, 2.75) is 105 Å². The average molecular weight is 593 g/mol. The number of carbonyl (C=O) groups is 2. The third-order valence-electron chi connectivity index (χ3n) is 8.37. The van der Waals surface area contributed by atoms with Crippen molar-refractivity contribution in [1.29, 1.82) is 0 Å². The van der Waals surface area contributed by atoms with Crippen LogP contribution in [0.4, 0.5) is 0 Å². The lowest BCUT2D eigenvalue weighted by molar-refractivity contribution is 0.103. The van der Waals surface area contributed by atoms with Crippen molar-refractivity contribution >= 4 is 22.3 Å². The van der Waals surface area contributed by atoms with Crippen molar-refractivity contribution in [2.24, 2.45) is 0 Å². The molecule has 2 N–H and O–H groups in total. The van der Waals surface area contributed by atoms with Gasteiger partial charge in [-0.2, -0.15) is 0 Å². The highest BCUT2D eigenvalue weighted by Crippen LogP contribution is 2.42. The summed E-state index contributed by atoms with van der Waals surface area (Å²) in [7, 11) is 0. The van der Waals surface area contributed by atoms with Crippen LogP contribution in [0.3, 0.4) is 0 Å². The van der Waals surface area contributed by atoms with Gasteiger partial charge in [-0.05, 0) is 51.3 Å². The SMILES string of the molecule is CC(C)(C)c1cc(C(=O)c2cccc3cccc(C(=O)c4cc(C(C)(C)C)c(O)c(C(C)(C)C)c4)c23)cc(C(C)(C)C)c1O. The molecule has 4 aromatic rings. The fourth-order valence-corrected chi connectivity index (χ4v) is 5.85. The maximum atomic E-state index is 14.4. The lowest BCUT2D eigenvalue weighted by atomic mass is 9.77. The summed E-state index contributed by atoms with van der Waals surface area (Å²) in [6.07, 6.45) is 0. The maximum absolute atomic E-state index is 14.4. The van der Waals surface area contributed by atoms with Crippen molar-refractivity contribution in [1.82, 2.24) is 0 Å². The first-order valence-electron chi connectivity index (χ1n) is 15.4. The summed E-state index contributed by atoms with van der Waals surface area (Å²) in [6.45, 7) is 24.2. The van der Waals surface area contributed by atoms with E-state index < -0.39 is 21.7 Å². The molecule has 0 aliphatic rings. The molecule has 0 aromatic heterocycles. The number of phenols is 2. The van der Waals surface area contributed by atoms with Gasteiger partial charge in [0.05, 0.1) is 0 Å². The Kier molecular flexibility index (Phi) is 8.18. The summed E-state index contributed by atoms with van der Waals surface area (Å²) in [5.74, 6) is 0.0191. The van der Waals surface area contributed by atoms with Crippen molar-refractivity contribution in [2.75, 3.05) is 0 Å². The lowest BCUT2D eigenvalue weighted by Crippen LogP contribution is -2.19. The van der Waals surface area contributed by atoms with E-state index in [-0.39, 0.29) is 23.1 Å². The first-order valence-corrected chi connectivity index (χ1v) is 15.4. The van der Waals surface area contributed by atoms with Crippen LogP contribution in [-0.2, 0) is 21.7 Å². The van der Waals surface area contributed by atoms with Crippen molar-refractivity contribution in [3.63, 3.8) is 0 Å². The van der Waals surface area contributed by atoms with E-state index >= 15 is 0 Å². The Morgan fingerprint density at radius 1 is 0.477 bits per heavy atom. The molecule has 44 heavy (non-hydrogen) atoms. The summed E-state index contributed by atoms with van der Waals surface area (Å²) in [5.41, 5.74) is 3.06. The maximum Gasteiger partial charge on any atom is 0.193 e. The van der Waals surface area contributed by atoms with Gasteiger partial charge in [-0.25, -0.2) is 0 Å². The minimum Gasteiger partial charge on any atom is -0.507 e. The molecule has 232 valence electrons. The molecule has 0 atom stereocenters.